The van der Waals surface area contributed by atoms with Crippen LogP contribution in [-0.4, -0.2) is 45.6 Å². The molecule has 1 aliphatic heterocycles. The molecule has 0 aromatic carbocycles. The Kier molecular flexibility index (Phi) is 7.44. The average Bonchev–Trinajstić information content (AvgIpc) is 3.40. The molecule has 1 saturated carbocycles. The first-order chi connectivity index (χ1) is 13.1. The zero-order valence-electron chi connectivity index (χ0n) is 17.1. The second-order valence-corrected chi connectivity index (χ2v) is 9.25. The number of piperidine rings is 1. The van der Waals surface area contributed by atoms with Crippen molar-refractivity contribution in [1.82, 2.24) is 20.1 Å². The number of unbranched alkanes of at least 4 members (excludes halogenated alkanes) is 2. The van der Waals surface area contributed by atoms with E-state index in [0.29, 0.717) is 11.8 Å². The summed E-state index contributed by atoms with van der Waals surface area (Å²) < 4.78 is 2.29. The molecule has 1 atom stereocenters. The van der Waals surface area contributed by atoms with Gasteiger partial charge in [0.25, 0.3) is 0 Å². The second-order valence-electron chi connectivity index (χ2n) is 8.31. The molecule has 0 bridgehead atoms. The van der Waals surface area contributed by atoms with Crippen LogP contribution in [0.15, 0.2) is 5.16 Å². The van der Waals surface area contributed by atoms with Gasteiger partial charge >= 0.3 is 0 Å². The van der Waals surface area contributed by atoms with Gasteiger partial charge in [-0.25, -0.2) is 0 Å². The maximum Gasteiger partial charge on any atom is 0.230 e. The van der Waals surface area contributed by atoms with Gasteiger partial charge in [0, 0.05) is 25.2 Å². The number of nitrogens with one attached hydrogen (secondary N) is 1. The van der Waals surface area contributed by atoms with Gasteiger partial charge in [-0.05, 0) is 44.9 Å². The van der Waals surface area contributed by atoms with Crippen molar-refractivity contribution in [3.05, 3.63) is 0 Å². The summed E-state index contributed by atoms with van der Waals surface area (Å²) in [4.78, 5) is 14.7. The van der Waals surface area contributed by atoms with Gasteiger partial charge in [0.2, 0.25) is 11.9 Å². The van der Waals surface area contributed by atoms with E-state index in [0.717, 1.165) is 36.5 Å². The predicted molar refractivity (Wildman–Crippen MR) is 111 cm³/mol. The second kappa shape index (κ2) is 9.80. The smallest absolute Gasteiger partial charge is 0.230 e. The van der Waals surface area contributed by atoms with Crippen molar-refractivity contribution >= 4 is 23.6 Å². The largest absolute Gasteiger partial charge is 0.353 e. The Morgan fingerprint density at radius 1 is 1.22 bits per heavy atom. The van der Waals surface area contributed by atoms with Gasteiger partial charge in [-0.2, -0.15) is 0 Å². The lowest BCUT2D eigenvalue weighted by molar-refractivity contribution is -0.119. The fourth-order valence-corrected chi connectivity index (χ4v) is 4.48. The topological polar surface area (TPSA) is 63.1 Å². The predicted octanol–water partition coefficient (Wildman–Crippen LogP) is 4.03. The highest BCUT2D eigenvalue weighted by Crippen LogP contribution is 2.41. The minimum Gasteiger partial charge on any atom is -0.353 e. The molecule has 6 nitrogen and oxygen atoms in total. The summed E-state index contributed by atoms with van der Waals surface area (Å²) in [7, 11) is 0. The molecule has 0 radical (unpaired) electrons. The van der Waals surface area contributed by atoms with Crippen molar-refractivity contribution in [2.24, 2.45) is 5.92 Å². The molecular weight excluding hydrogens is 358 g/mol. The van der Waals surface area contributed by atoms with Crippen LogP contribution in [0.25, 0.3) is 0 Å². The monoisotopic (exact) mass is 393 g/mol. The van der Waals surface area contributed by atoms with Crippen LogP contribution in [0.5, 0.6) is 0 Å². The van der Waals surface area contributed by atoms with Crippen molar-refractivity contribution in [2.45, 2.75) is 89.4 Å². The van der Waals surface area contributed by atoms with Crippen molar-refractivity contribution < 1.29 is 4.79 Å². The molecule has 2 fully saturated rings. The summed E-state index contributed by atoms with van der Waals surface area (Å²) in [6.07, 6.45) is 9.52. The maximum atomic E-state index is 12.3. The minimum absolute atomic E-state index is 0.0997. The SMILES string of the molecule is CCCCCC(C)NC(=O)CSc1nnc(N2CCC(C)CC2)n1C1CC1. The van der Waals surface area contributed by atoms with Gasteiger partial charge in [-0.1, -0.05) is 44.9 Å². The molecule has 1 unspecified atom stereocenters. The molecular formula is C20H35N5OS. The van der Waals surface area contributed by atoms with Gasteiger partial charge in [0.1, 0.15) is 0 Å². The Labute approximate surface area is 167 Å². The molecule has 27 heavy (non-hydrogen) atoms. The lowest BCUT2D eigenvalue weighted by Crippen LogP contribution is -2.35. The van der Waals surface area contributed by atoms with Gasteiger partial charge < -0.3 is 10.2 Å². The Balaban J connectivity index is 1.53. The Hall–Kier alpha value is -1.24. The third-order valence-electron chi connectivity index (χ3n) is 5.61. The number of carbonyl (C=O) groups is 1. The average molecular weight is 394 g/mol. The molecule has 7 heteroatoms. The molecule has 1 amide bonds. The molecule has 1 N–H and O–H groups in total. The number of thioether (sulfide) groups is 1. The number of rotatable bonds is 10. The van der Waals surface area contributed by atoms with Crippen LogP contribution in [0.4, 0.5) is 5.95 Å². The number of anilines is 1. The van der Waals surface area contributed by atoms with Crippen molar-refractivity contribution in [1.29, 1.82) is 0 Å². The van der Waals surface area contributed by atoms with Crippen molar-refractivity contribution in [3.63, 3.8) is 0 Å². The van der Waals surface area contributed by atoms with E-state index in [-0.39, 0.29) is 11.9 Å². The fraction of sp³-hybridized carbons (Fsp3) is 0.850. The lowest BCUT2D eigenvalue weighted by Gasteiger charge is -2.31. The summed E-state index contributed by atoms with van der Waals surface area (Å²) in [6, 6.07) is 0.768. The molecule has 1 aromatic heterocycles. The van der Waals surface area contributed by atoms with E-state index in [9.17, 15) is 4.79 Å². The quantitative estimate of drug-likeness (QED) is 0.480. The third-order valence-corrected chi connectivity index (χ3v) is 6.55. The Morgan fingerprint density at radius 2 is 1.96 bits per heavy atom. The first-order valence-corrected chi connectivity index (χ1v) is 11.7. The van der Waals surface area contributed by atoms with Crippen molar-refractivity contribution in [2.75, 3.05) is 23.7 Å². The summed E-state index contributed by atoms with van der Waals surface area (Å²) in [5, 5.41) is 13.0. The number of amides is 1. The van der Waals surface area contributed by atoms with E-state index < -0.39 is 0 Å². The maximum absolute atomic E-state index is 12.3. The number of hydrogen-bond donors (Lipinski definition) is 1. The van der Waals surface area contributed by atoms with E-state index in [1.54, 1.807) is 0 Å². The zero-order valence-corrected chi connectivity index (χ0v) is 17.9. The molecule has 152 valence electrons. The third kappa shape index (κ3) is 5.87. The van der Waals surface area contributed by atoms with Gasteiger partial charge in [-0.15, -0.1) is 10.2 Å². The van der Waals surface area contributed by atoms with Crippen LogP contribution in [-0.2, 0) is 4.79 Å². The number of nitrogens with zero attached hydrogens (tertiary/aromatic N) is 4. The van der Waals surface area contributed by atoms with Crippen LogP contribution in [0.3, 0.4) is 0 Å². The molecule has 2 heterocycles. The summed E-state index contributed by atoms with van der Waals surface area (Å²) in [6.45, 7) is 8.75. The Morgan fingerprint density at radius 3 is 2.63 bits per heavy atom. The normalized spacial score (nSPS) is 19.3. The number of hydrogen-bond acceptors (Lipinski definition) is 5. The molecule has 3 rings (SSSR count). The van der Waals surface area contributed by atoms with Gasteiger partial charge in [0.05, 0.1) is 5.75 Å². The first-order valence-electron chi connectivity index (χ1n) is 10.7. The van der Waals surface area contributed by atoms with Crippen LogP contribution in [0.2, 0.25) is 0 Å². The van der Waals surface area contributed by atoms with E-state index in [4.69, 9.17) is 0 Å². The number of carbonyl (C=O) groups excluding carboxylic acids is 1. The molecule has 1 aromatic rings. The summed E-state index contributed by atoms with van der Waals surface area (Å²) >= 11 is 1.53. The van der Waals surface area contributed by atoms with Crippen LogP contribution >= 0.6 is 11.8 Å². The number of aromatic nitrogens is 3. The van der Waals surface area contributed by atoms with Crippen LogP contribution in [0.1, 0.15) is 78.2 Å². The zero-order chi connectivity index (χ0) is 19.2. The summed E-state index contributed by atoms with van der Waals surface area (Å²) in [5.41, 5.74) is 0. The van der Waals surface area contributed by atoms with Crippen LogP contribution < -0.4 is 10.2 Å². The van der Waals surface area contributed by atoms with E-state index >= 15 is 0 Å². The highest BCUT2D eigenvalue weighted by atomic mass is 32.2. The first kappa shape index (κ1) is 20.5. The molecule has 1 aliphatic carbocycles. The Bertz CT molecular complexity index is 608. The van der Waals surface area contributed by atoms with Crippen molar-refractivity contribution in [3.8, 4) is 0 Å². The molecule has 2 aliphatic rings. The lowest BCUT2D eigenvalue weighted by atomic mass is 10.00. The minimum atomic E-state index is 0.0997. The van der Waals surface area contributed by atoms with Gasteiger partial charge in [0.15, 0.2) is 5.16 Å². The van der Waals surface area contributed by atoms with Crippen LogP contribution in [0, 0.1) is 5.92 Å². The molecule has 0 spiro atoms. The van der Waals surface area contributed by atoms with E-state index in [2.05, 4.69) is 45.8 Å². The summed E-state index contributed by atoms with van der Waals surface area (Å²) in [5.74, 6) is 2.33. The highest BCUT2D eigenvalue weighted by molar-refractivity contribution is 7.99. The molecule has 1 saturated heterocycles. The highest BCUT2D eigenvalue weighted by Gasteiger charge is 2.32. The van der Waals surface area contributed by atoms with E-state index in [1.807, 2.05) is 0 Å². The fourth-order valence-electron chi connectivity index (χ4n) is 3.66. The van der Waals surface area contributed by atoms with E-state index in [1.165, 1.54) is 56.7 Å². The standard InChI is InChI=1S/C20H35N5OS/c1-4-5-6-7-16(3)21-18(26)14-27-20-23-22-19(25(20)17-8-9-17)24-12-10-15(2)11-13-24/h15-17H,4-14H2,1-3H3,(H,21,26). The van der Waals surface area contributed by atoms with Gasteiger partial charge in [-0.3, -0.25) is 9.36 Å².